The summed E-state index contributed by atoms with van der Waals surface area (Å²) in [5.41, 5.74) is 10.8. The number of carbonyl (C=O) groups is 1. The van der Waals surface area contributed by atoms with E-state index in [1.165, 1.54) is 22.3 Å². The first-order valence-corrected chi connectivity index (χ1v) is 11.2. The summed E-state index contributed by atoms with van der Waals surface area (Å²) >= 11 is 1.57. The van der Waals surface area contributed by atoms with E-state index in [1.807, 2.05) is 11.0 Å². The van der Waals surface area contributed by atoms with Crippen LogP contribution in [0.2, 0.25) is 0 Å². The third-order valence-electron chi connectivity index (χ3n) is 6.07. The minimum Gasteiger partial charge on any atom is -0.338 e. The number of nitrogens with zero attached hydrogens (tertiary/aromatic N) is 1. The molecule has 2 heterocycles. The summed E-state index contributed by atoms with van der Waals surface area (Å²) in [6.07, 6.45) is 2.02. The number of nitrogens with two attached hydrogens (primary N) is 1. The number of benzene rings is 2. The van der Waals surface area contributed by atoms with Crippen LogP contribution in [0.3, 0.4) is 0 Å². The number of hydrogen-bond donors (Lipinski definition) is 1. The van der Waals surface area contributed by atoms with Gasteiger partial charge in [0.25, 0.3) is 5.91 Å². The van der Waals surface area contributed by atoms with Crippen molar-refractivity contribution in [1.29, 1.82) is 0 Å². The fourth-order valence-corrected chi connectivity index (χ4v) is 5.14. The molecule has 5 heteroatoms. The molecular formula is C25H29ClN2OS. The van der Waals surface area contributed by atoms with Gasteiger partial charge < -0.3 is 10.6 Å². The molecule has 158 valence electrons. The van der Waals surface area contributed by atoms with Gasteiger partial charge in [-0.25, -0.2) is 0 Å². The van der Waals surface area contributed by atoms with Crippen LogP contribution in [-0.4, -0.2) is 23.9 Å². The Morgan fingerprint density at radius 3 is 2.50 bits per heavy atom. The summed E-state index contributed by atoms with van der Waals surface area (Å²) in [7, 11) is 0. The highest BCUT2D eigenvalue weighted by Gasteiger charge is 2.26. The normalized spacial score (nSPS) is 15.5. The number of piperidine rings is 1. The predicted octanol–water partition coefficient (Wildman–Crippen LogP) is 5.80. The van der Waals surface area contributed by atoms with Crippen LogP contribution in [0.25, 0.3) is 0 Å². The Balaban J connectivity index is 0.00000256. The first-order valence-electron chi connectivity index (χ1n) is 10.4. The summed E-state index contributed by atoms with van der Waals surface area (Å²) in [6, 6.07) is 21.1. The summed E-state index contributed by atoms with van der Waals surface area (Å²) < 4.78 is 0. The lowest BCUT2D eigenvalue weighted by molar-refractivity contribution is 0.0718. The van der Waals surface area contributed by atoms with E-state index in [4.69, 9.17) is 5.73 Å². The fourth-order valence-electron chi connectivity index (χ4n) is 4.17. The average Bonchev–Trinajstić information content (AvgIpc) is 3.29. The Morgan fingerprint density at radius 1 is 1.07 bits per heavy atom. The molecule has 2 aromatic carbocycles. The van der Waals surface area contributed by atoms with E-state index in [2.05, 4.69) is 66.9 Å². The van der Waals surface area contributed by atoms with Crippen LogP contribution >= 0.6 is 23.7 Å². The van der Waals surface area contributed by atoms with Crippen molar-refractivity contribution < 1.29 is 4.79 Å². The highest BCUT2D eigenvalue weighted by Crippen LogP contribution is 2.32. The SMILES string of the molecule is CC(c1ccccc1)c1csc(C(=O)N2CCC(c3cccc(CN)c3)CC2)c1.Cl. The van der Waals surface area contributed by atoms with E-state index < -0.39 is 0 Å². The maximum absolute atomic E-state index is 13.0. The Labute approximate surface area is 189 Å². The number of likely N-dealkylation sites (tertiary alicyclic amines) is 1. The summed E-state index contributed by atoms with van der Waals surface area (Å²) in [5.74, 6) is 0.993. The molecule has 1 unspecified atom stereocenters. The van der Waals surface area contributed by atoms with Crippen molar-refractivity contribution in [2.75, 3.05) is 13.1 Å². The smallest absolute Gasteiger partial charge is 0.263 e. The van der Waals surface area contributed by atoms with Crippen LogP contribution < -0.4 is 5.73 Å². The lowest BCUT2D eigenvalue weighted by atomic mass is 9.88. The van der Waals surface area contributed by atoms with Crippen molar-refractivity contribution in [3.63, 3.8) is 0 Å². The van der Waals surface area contributed by atoms with Crippen molar-refractivity contribution in [3.05, 3.63) is 93.2 Å². The molecule has 3 nitrogen and oxygen atoms in total. The number of carbonyl (C=O) groups excluding carboxylic acids is 1. The van der Waals surface area contributed by atoms with Gasteiger partial charge in [-0.1, -0.05) is 61.5 Å². The molecule has 3 aromatic rings. The second-order valence-electron chi connectivity index (χ2n) is 7.89. The van der Waals surface area contributed by atoms with Crippen molar-refractivity contribution in [2.24, 2.45) is 5.73 Å². The molecule has 1 aromatic heterocycles. The lowest BCUT2D eigenvalue weighted by Crippen LogP contribution is -2.37. The average molecular weight is 441 g/mol. The highest BCUT2D eigenvalue weighted by atomic mass is 35.5. The highest BCUT2D eigenvalue weighted by molar-refractivity contribution is 7.12. The van der Waals surface area contributed by atoms with E-state index in [1.54, 1.807) is 11.3 Å². The van der Waals surface area contributed by atoms with Crippen molar-refractivity contribution >= 4 is 29.7 Å². The molecule has 0 radical (unpaired) electrons. The zero-order valence-corrected chi connectivity index (χ0v) is 18.9. The fraction of sp³-hybridized carbons (Fsp3) is 0.320. The largest absolute Gasteiger partial charge is 0.338 e. The number of thiophene rings is 1. The van der Waals surface area contributed by atoms with Gasteiger partial charge in [-0.2, -0.15) is 0 Å². The monoisotopic (exact) mass is 440 g/mol. The molecule has 2 N–H and O–H groups in total. The van der Waals surface area contributed by atoms with Gasteiger partial charge in [0.2, 0.25) is 0 Å². The van der Waals surface area contributed by atoms with E-state index in [0.29, 0.717) is 18.4 Å². The van der Waals surface area contributed by atoms with E-state index >= 15 is 0 Å². The molecule has 4 rings (SSSR count). The molecule has 0 saturated carbocycles. The second kappa shape index (κ2) is 10.3. The van der Waals surface area contributed by atoms with Gasteiger partial charge in [-0.3, -0.25) is 4.79 Å². The second-order valence-corrected chi connectivity index (χ2v) is 8.80. The summed E-state index contributed by atoms with van der Waals surface area (Å²) in [5, 5.41) is 2.13. The quantitative estimate of drug-likeness (QED) is 0.544. The Hall–Kier alpha value is -2.14. The zero-order chi connectivity index (χ0) is 20.2. The first-order chi connectivity index (χ1) is 14.2. The van der Waals surface area contributed by atoms with Crippen LogP contribution in [0.5, 0.6) is 0 Å². The zero-order valence-electron chi connectivity index (χ0n) is 17.3. The van der Waals surface area contributed by atoms with Crippen LogP contribution in [0, 0.1) is 0 Å². The molecule has 1 aliphatic rings. The molecule has 30 heavy (non-hydrogen) atoms. The summed E-state index contributed by atoms with van der Waals surface area (Å²) in [4.78, 5) is 15.9. The van der Waals surface area contributed by atoms with Crippen molar-refractivity contribution in [1.82, 2.24) is 4.90 Å². The molecule has 0 aliphatic carbocycles. The maximum Gasteiger partial charge on any atom is 0.263 e. The summed E-state index contributed by atoms with van der Waals surface area (Å²) in [6.45, 7) is 4.41. The topological polar surface area (TPSA) is 46.3 Å². The van der Waals surface area contributed by atoms with Crippen molar-refractivity contribution in [2.45, 2.75) is 38.1 Å². The van der Waals surface area contributed by atoms with Crippen LogP contribution in [0.15, 0.2) is 66.0 Å². The van der Waals surface area contributed by atoms with Crippen LogP contribution in [0.1, 0.15) is 63.5 Å². The maximum atomic E-state index is 13.0. The Morgan fingerprint density at radius 2 is 1.80 bits per heavy atom. The predicted molar refractivity (Wildman–Crippen MR) is 128 cm³/mol. The number of amides is 1. The van der Waals surface area contributed by atoms with Gasteiger partial charge in [0.1, 0.15) is 0 Å². The minimum atomic E-state index is 0. The van der Waals surface area contributed by atoms with Gasteiger partial charge in [-0.15, -0.1) is 23.7 Å². The lowest BCUT2D eigenvalue weighted by Gasteiger charge is -2.32. The van der Waals surface area contributed by atoms with Gasteiger partial charge in [0.15, 0.2) is 0 Å². The number of hydrogen-bond acceptors (Lipinski definition) is 3. The molecule has 0 spiro atoms. The Bertz CT molecular complexity index is 964. The van der Waals surface area contributed by atoms with Gasteiger partial charge in [0.05, 0.1) is 4.88 Å². The number of halogens is 1. The van der Waals surface area contributed by atoms with Crippen molar-refractivity contribution in [3.8, 4) is 0 Å². The van der Waals surface area contributed by atoms with Crippen LogP contribution in [0.4, 0.5) is 0 Å². The van der Waals surface area contributed by atoms with E-state index in [0.717, 1.165) is 30.8 Å². The van der Waals surface area contributed by atoms with Crippen LogP contribution in [-0.2, 0) is 6.54 Å². The third-order valence-corrected chi connectivity index (χ3v) is 7.01. The molecule has 1 aliphatic heterocycles. The molecule has 1 amide bonds. The number of rotatable bonds is 5. The molecular weight excluding hydrogens is 412 g/mol. The standard InChI is InChI=1S/C25H28N2OS.ClH/c1-18(20-7-3-2-4-8-20)23-15-24(29-17-23)25(28)27-12-10-21(11-13-27)22-9-5-6-19(14-22)16-26;/h2-9,14-15,17-18,21H,10-13,16,26H2,1H3;1H. The van der Waals surface area contributed by atoms with E-state index in [9.17, 15) is 4.79 Å². The molecule has 1 atom stereocenters. The minimum absolute atomic E-state index is 0. The van der Waals surface area contributed by atoms with Gasteiger partial charge in [0, 0.05) is 25.6 Å². The third kappa shape index (κ3) is 4.94. The van der Waals surface area contributed by atoms with Gasteiger partial charge in [-0.05, 0) is 52.5 Å². The van der Waals surface area contributed by atoms with E-state index in [-0.39, 0.29) is 18.3 Å². The molecule has 1 fully saturated rings. The molecule has 1 saturated heterocycles. The molecule has 0 bridgehead atoms. The first kappa shape index (κ1) is 22.5. The Kier molecular flexibility index (Phi) is 7.70. The van der Waals surface area contributed by atoms with Gasteiger partial charge >= 0.3 is 0 Å².